The van der Waals surface area contributed by atoms with Gasteiger partial charge in [-0.25, -0.2) is 0 Å². The molecule has 3 rings (SSSR count). The summed E-state index contributed by atoms with van der Waals surface area (Å²) < 4.78 is 11.2. The molecule has 0 aliphatic carbocycles. The van der Waals surface area contributed by atoms with Gasteiger partial charge in [0, 0.05) is 25.4 Å². The van der Waals surface area contributed by atoms with Crippen molar-refractivity contribution in [3.8, 4) is 17.2 Å². The molecule has 2 aromatic rings. The second-order valence-corrected chi connectivity index (χ2v) is 6.05. The van der Waals surface area contributed by atoms with Gasteiger partial charge >= 0.3 is 0 Å². The molecule has 24 heavy (non-hydrogen) atoms. The molecule has 1 aliphatic heterocycles. The Morgan fingerprint density at radius 3 is 2.75 bits per heavy atom. The van der Waals surface area contributed by atoms with Gasteiger partial charge in [0.2, 0.25) is 11.8 Å². The molecule has 1 aromatic carbocycles. The average Bonchev–Trinajstić information content (AvgIpc) is 3.12. The highest BCUT2D eigenvalue weighted by atomic mass is 16.5. The molecule has 0 unspecified atom stereocenters. The molecule has 0 radical (unpaired) electrons. The number of para-hydroxylation sites is 1. The summed E-state index contributed by atoms with van der Waals surface area (Å²) in [5.74, 6) is 2.31. The fraction of sp³-hybridized carbons (Fsp3) is 0.500. The summed E-state index contributed by atoms with van der Waals surface area (Å²) in [7, 11) is 1.62. The van der Waals surface area contributed by atoms with Crippen LogP contribution in [0.5, 0.6) is 5.75 Å². The number of methoxy groups -OCH3 is 1. The third-order valence-electron chi connectivity index (χ3n) is 4.44. The summed E-state index contributed by atoms with van der Waals surface area (Å²) in [4.78, 5) is 13.9. The topological polar surface area (TPSA) is 68.5 Å². The van der Waals surface area contributed by atoms with E-state index in [9.17, 15) is 4.79 Å². The molecule has 2 heterocycles. The predicted octanol–water partition coefficient (Wildman–Crippen LogP) is 3.25. The lowest BCUT2D eigenvalue weighted by Gasteiger charge is -2.30. The van der Waals surface area contributed by atoms with E-state index in [1.165, 1.54) is 0 Å². The van der Waals surface area contributed by atoms with E-state index in [1.54, 1.807) is 7.11 Å². The Kier molecular flexibility index (Phi) is 5.13. The minimum absolute atomic E-state index is 0.214. The van der Waals surface area contributed by atoms with Crippen LogP contribution in [0, 0.1) is 0 Å². The van der Waals surface area contributed by atoms with E-state index in [2.05, 4.69) is 10.2 Å². The standard InChI is InChI=1S/C18H23N3O3/c1-3-6-16(22)21-11-9-13(10-12-21)17-19-20-18(24-17)14-7-4-5-8-15(14)23-2/h4-5,7-8,13H,3,6,9-12H2,1-2H3. The number of hydrogen-bond acceptors (Lipinski definition) is 5. The number of piperidine rings is 1. The van der Waals surface area contributed by atoms with Crippen LogP contribution in [-0.4, -0.2) is 41.2 Å². The van der Waals surface area contributed by atoms with Crippen molar-refractivity contribution < 1.29 is 13.9 Å². The molecule has 6 nitrogen and oxygen atoms in total. The van der Waals surface area contributed by atoms with Gasteiger partial charge in [0.05, 0.1) is 12.7 Å². The Morgan fingerprint density at radius 2 is 2.04 bits per heavy atom. The van der Waals surface area contributed by atoms with Crippen LogP contribution in [0.15, 0.2) is 28.7 Å². The number of hydrogen-bond donors (Lipinski definition) is 0. The van der Waals surface area contributed by atoms with Gasteiger partial charge in [-0.1, -0.05) is 19.1 Å². The first-order valence-electron chi connectivity index (χ1n) is 8.47. The summed E-state index contributed by atoms with van der Waals surface area (Å²) >= 11 is 0. The number of rotatable bonds is 5. The molecule has 0 bridgehead atoms. The molecule has 6 heteroatoms. The number of benzene rings is 1. The number of carbonyl (C=O) groups excluding carboxylic acids is 1. The van der Waals surface area contributed by atoms with Crippen molar-refractivity contribution in [3.63, 3.8) is 0 Å². The van der Waals surface area contributed by atoms with Gasteiger partial charge < -0.3 is 14.1 Å². The van der Waals surface area contributed by atoms with Gasteiger partial charge in [0.1, 0.15) is 5.75 Å². The van der Waals surface area contributed by atoms with Crippen molar-refractivity contribution in [1.82, 2.24) is 15.1 Å². The Labute approximate surface area is 141 Å². The van der Waals surface area contributed by atoms with Crippen molar-refractivity contribution >= 4 is 5.91 Å². The lowest BCUT2D eigenvalue weighted by Crippen LogP contribution is -2.37. The second kappa shape index (κ2) is 7.47. The quantitative estimate of drug-likeness (QED) is 0.842. The molecular weight excluding hydrogens is 306 g/mol. The molecular formula is C18H23N3O3. The summed E-state index contributed by atoms with van der Waals surface area (Å²) in [6.45, 7) is 3.55. The average molecular weight is 329 g/mol. The molecule has 128 valence electrons. The first-order valence-corrected chi connectivity index (χ1v) is 8.47. The maximum Gasteiger partial charge on any atom is 0.251 e. The number of amides is 1. The van der Waals surface area contributed by atoms with Crippen molar-refractivity contribution in [2.45, 2.75) is 38.5 Å². The lowest BCUT2D eigenvalue weighted by atomic mass is 9.96. The number of aromatic nitrogens is 2. The van der Waals surface area contributed by atoms with E-state index in [-0.39, 0.29) is 11.8 Å². The van der Waals surface area contributed by atoms with Crippen LogP contribution < -0.4 is 4.74 Å². The van der Waals surface area contributed by atoms with E-state index in [1.807, 2.05) is 36.1 Å². The molecule has 1 aromatic heterocycles. The second-order valence-electron chi connectivity index (χ2n) is 6.05. The molecule has 0 spiro atoms. The highest BCUT2D eigenvalue weighted by Crippen LogP contribution is 2.32. The zero-order chi connectivity index (χ0) is 16.9. The van der Waals surface area contributed by atoms with Crippen LogP contribution in [0.2, 0.25) is 0 Å². The lowest BCUT2D eigenvalue weighted by molar-refractivity contribution is -0.132. The molecule has 0 N–H and O–H groups in total. The van der Waals surface area contributed by atoms with Crippen LogP contribution in [0.25, 0.3) is 11.5 Å². The minimum Gasteiger partial charge on any atom is -0.496 e. The van der Waals surface area contributed by atoms with Crippen LogP contribution in [0.1, 0.15) is 44.4 Å². The maximum atomic E-state index is 12.0. The van der Waals surface area contributed by atoms with E-state index in [0.717, 1.165) is 37.9 Å². The zero-order valence-electron chi connectivity index (χ0n) is 14.2. The van der Waals surface area contributed by atoms with Crippen molar-refractivity contribution in [3.05, 3.63) is 30.2 Å². The molecule has 1 fully saturated rings. The van der Waals surface area contributed by atoms with Crippen molar-refractivity contribution in [1.29, 1.82) is 0 Å². The Morgan fingerprint density at radius 1 is 1.29 bits per heavy atom. The van der Waals surface area contributed by atoms with Crippen LogP contribution in [0.3, 0.4) is 0 Å². The first-order chi connectivity index (χ1) is 11.7. The normalized spacial score (nSPS) is 15.5. The molecule has 0 atom stereocenters. The molecule has 1 aliphatic rings. The largest absolute Gasteiger partial charge is 0.496 e. The van der Waals surface area contributed by atoms with Gasteiger partial charge in [-0.2, -0.15) is 0 Å². The van der Waals surface area contributed by atoms with Gasteiger partial charge in [0.15, 0.2) is 0 Å². The van der Waals surface area contributed by atoms with Crippen LogP contribution >= 0.6 is 0 Å². The minimum atomic E-state index is 0.214. The van der Waals surface area contributed by atoms with Gasteiger partial charge in [0.25, 0.3) is 5.89 Å². The fourth-order valence-corrected chi connectivity index (χ4v) is 3.08. The van der Waals surface area contributed by atoms with E-state index in [0.29, 0.717) is 24.0 Å². The third kappa shape index (κ3) is 3.42. The maximum absolute atomic E-state index is 12.0. The van der Waals surface area contributed by atoms with Crippen LogP contribution in [-0.2, 0) is 4.79 Å². The highest BCUT2D eigenvalue weighted by molar-refractivity contribution is 5.76. The Balaban J connectivity index is 1.68. The van der Waals surface area contributed by atoms with Gasteiger partial charge in [-0.15, -0.1) is 10.2 Å². The summed E-state index contributed by atoms with van der Waals surface area (Å²) in [6.07, 6.45) is 3.25. The summed E-state index contributed by atoms with van der Waals surface area (Å²) in [5.41, 5.74) is 0.800. The molecule has 1 amide bonds. The Hall–Kier alpha value is -2.37. The Bertz CT molecular complexity index is 690. The first kappa shape index (κ1) is 16.5. The smallest absolute Gasteiger partial charge is 0.251 e. The zero-order valence-corrected chi connectivity index (χ0v) is 14.2. The summed E-state index contributed by atoms with van der Waals surface area (Å²) in [5, 5.41) is 8.40. The fourth-order valence-electron chi connectivity index (χ4n) is 3.08. The summed E-state index contributed by atoms with van der Waals surface area (Å²) in [6, 6.07) is 7.60. The van der Waals surface area contributed by atoms with Gasteiger partial charge in [-0.3, -0.25) is 4.79 Å². The van der Waals surface area contributed by atoms with Crippen molar-refractivity contribution in [2.75, 3.05) is 20.2 Å². The highest BCUT2D eigenvalue weighted by Gasteiger charge is 2.27. The molecule has 0 saturated carbocycles. The van der Waals surface area contributed by atoms with Gasteiger partial charge in [-0.05, 0) is 31.4 Å². The monoisotopic (exact) mass is 329 g/mol. The van der Waals surface area contributed by atoms with Crippen molar-refractivity contribution in [2.24, 2.45) is 0 Å². The number of carbonyl (C=O) groups is 1. The van der Waals surface area contributed by atoms with E-state index >= 15 is 0 Å². The predicted molar refractivity (Wildman–Crippen MR) is 89.7 cm³/mol. The van der Waals surface area contributed by atoms with E-state index < -0.39 is 0 Å². The molecule has 1 saturated heterocycles. The third-order valence-corrected chi connectivity index (χ3v) is 4.44. The van der Waals surface area contributed by atoms with Crippen LogP contribution in [0.4, 0.5) is 0 Å². The SMILES string of the molecule is CCCC(=O)N1CCC(c2nnc(-c3ccccc3OC)o2)CC1. The number of ether oxygens (including phenoxy) is 1. The van der Waals surface area contributed by atoms with E-state index in [4.69, 9.17) is 9.15 Å². The number of nitrogens with zero attached hydrogens (tertiary/aromatic N) is 3. The number of likely N-dealkylation sites (tertiary alicyclic amines) is 1.